The van der Waals surface area contributed by atoms with E-state index in [0.717, 1.165) is 16.8 Å². The molecule has 0 bridgehead atoms. The van der Waals surface area contributed by atoms with E-state index >= 15 is 9.59 Å². The highest BCUT2D eigenvalue weighted by molar-refractivity contribution is 7.80. The van der Waals surface area contributed by atoms with Gasteiger partial charge in [-0.3, -0.25) is 9.59 Å². The number of rotatable bonds is 9. The van der Waals surface area contributed by atoms with E-state index in [2.05, 4.69) is 10.6 Å². The molecule has 2 unspecified atom stereocenters. The Labute approximate surface area is 329 Å². The van der Waals surface area contributed by atoms with Crippen LogP contribution in [0, 0.1) is 5.41 Å². The van der Waals surface area contributed by atoms with E-state index in [9.17, 15) is 0 Å². The number of carbonyl (C=O) groups excluding carboxylic acids is 2. The van der Waals surface area contributed by atoms with E-state index < -0.39 is 29.1 Å². The van der Waals surface area contributed by atoms with Crippen LogP contribution in [0.2, 0.25) is 0 Å². The van der Waals surface area contributed by atoms with Gasteiger partial charge in [-0.1, -0.05) is 54.6 Å². The molecule has 2 heterocycles. The third kappa shape index (κ3) is 6.06. The quantitative estimate of drug-likeness (QED) is 0.115. The molecule has 0 saturated carbocycles. The topological polar surface area (TPSA) is 113 Å². The molecule has 1 aliphatic heterocycles. The van der Waals surface area contributed by atoms with Crippen LogP contribution in [0.1, 0.15) is 39.8 Å². The van der Waals surface area contributed by atoms with Crippen molar-refractivity contribution in [3.8, 4) is 39.9 Å². The molecule has 2 N–H and O–H groups in total. The first-order valence-electron chi connectivity index (χ1n) is 17.9. The first kappa shape index (κ1) is 36.3. The third-order valence-electron chi connectivity index (χ3n) is 10.6. The maximum Gasteiger partial charge on any atom is 0.243 e. The SMILES string of the molecule is COc1ccc(/C=C2\c3nn(-c4ccccc4)c(-c4ccc(OC)cc4)c3C(c3ccc(OC)cc3)C3(C(=O)NC(=S)NC3=O)C2c2ccc(OC)cc2)cc1. The summed E-state index contributed by atoms with van der Waals surface area (Å²) in [6.07, 6.45) is 2.01. The fourth-order valence-corrected chi connectivity index (χ4v) is 8.23. The number of para-hydroxylation sites is 1. The average Bonchev–Trinajstić information content (AvgIpc) is 3.64. The summed E-state index contributed by atoms with van der Waals surface area (Å²) >= 11 is 5.47. The molecule has 11 heteroatoms. The van der Waals surface area contributed by atoms with Gasteiger partial charge in [-0.2, -0.15) is 5.10 Å². The zero-order chi connectivity index (χ0) is 39.0. The molecule has 1 spiro atoms. The number of carbonyl (C=O) groups is 2. The molecule has 1 fully saturated rings. The molecule has 280 valence electrons. The van der Waals surface area contributed by atoms with Gasteiger partial charge < -0.3 is 29.6 Å². The summed E-state index contributed by atoms with van der Waals surface area (Å²) in [6.45, 7) is 0. The highest BCUT2D eigenvalue weighted by atomic mass is 32.1. The van der Waals surface area contributed by atoms with Crippen LogP contribution in [-0.2, 0) is 9.59 Å². The minimum atomic E-state index is -1.84. The number of aromatic nitrogens is 2. The first-order valence-corrected chi connectivity index (χ1v) is 18.3. The zero-order valence-electron chi connectivity index (χ0n) is 31.1. The summed E-state index contributed by atoms with van der Waals surface area (Å²) in [4.78, 5) is 30.6. The van der Waals surface area contributed by atoms with E-state index in [1.165, 1.54) is 0 Å². The molecule has 1 aliphatic carbocycles. The monoisotopic (exact) mass is 762 g/mol. The highest BCUT2D eigenvalue weighted by Gasteiger charge is 2.65. The number of fused-ring (bicyclic) bond motifs is 1. The first-order chi connectivity index (χ1) is 27.3. The van der Waals surface area contributed by atoms with Gasteiger partial charge in [0.25, 0.3) is 0 Å². The number of amides is 2. The number of methoxy groups -OCH3 is 4. The van der Waals surface area contributed by atoms with Crippen molar-refractivity contribution < 1.29 is 28.5 Å². The molecule has 2 amide bonds. The second-order valence-corrected chi connectivity index (χ2v) is 13.9. The van der Waals surface area contributed by atoms with Crippen LogP contribution in [0.5, 0.6) is 23.0 Å². The van der Waals surface area contributed by atoms with Crippen LogP contribution >= 0.6 is 12.2 Å². The Morgan fingerprint density at radius 1 is 0.625 bits per heavy atom. The molecule has 5 aromatic carbocycles. The van der Waals surface area contributed by atoms with Gasteiger partial charge in [0.05, 0.1) is 45.5 Å². The van der Waals surface area contributed by atoms with Gasteiger partial charge in [-0.25, -0.2) is 4.68 Å². The molecule has 2 atom stereocenters. The number of nitrogens with one attached hydrogen (secondary N) is 2. The van der Waals surface area contributed by atoms with Gasteiger partial charge in [0, 0.05) is 23.0 Å². The predicted octanol–water partition coefficient (Wildman–Crippen LogP) is 7.56. The number of thiocarbonyl (C=S) groups is 1. The van der Waals surface area contributed by atoms with Crippen molar-refractivity contribution in [2.45, 2.75) is 11.8 Å². The number of benzene rings is 5. The Bertz CT molecular complexity index is 2440. The van der Waals surface area contributed by atoms with Crippen molar-refractivity contribution in [1.29, 1.82) is 0 Å². The van der Waals surface area contributed by atoms with Crippen LogP contribution in [0.3, 0.4) is 0 Å². The molecule has 10 nitrogen and oxygen atoms in total. The van der Waals surface area contributed by atoms with E-state index in [1.54, 1.807) is 28.4 Å². The van der Waals surface area contributed by atoms with Gasteiger partial charge in [-0.15, -0.1) is 0 Å². The molecule has 8 rings (SSSR count). The van der Waals surface area contributed by atoms with Crippen LogP contribution in [0.4, 0.5) is 0 Å². The summed E-state index contributed by atoms with van der Waals surface area (Å²) in [5, 5.41) is 11.2. The lowest BCUT2D eigenvalue weighted by atomic mass is 9.52. The van der Waals surface area contributed by atoms with Crippen molar-refractivity contribution in [2.75, 3.05) is 28.4 Å². The molecular weight excluding hydrogens is 725 g/mol. The van der Waals surface area contributed by atoms with Crippen molar-refractivity contribution in [3.63, 3.8) is 0 Å². The fourth-order valence-electron chi connectivity index (χ4n) is 8.04. The number of nitrogens with zero attached hydrogens (tertiary/aromatic N) is 2. The Morgan fingerprint density at radius 2 is 1.09 bits per heavy atom. The van der Waals surface area contributed by atoms with Gasteiger partial charge in [0.2, 0.25) is 11.8 Å². The summed E-state index contributed by atoms with van der Waals surface area (Å²) in [5.74, 6) is -0.244. The van der Waals surface area contributed by atoms with Gasteiger partial charge >= 0.3 is 0 Å². The van der Waals surface area contributed by atoms with Crippen LogP contribution in [0.25, 0.3) is 28.6 Å². The molecule has 0 radical (unpaired) electrons. The van der Waals surface area contributed by atoms with Crippen molar-refractivity contribution >= 4 is 40.8 Å². The molecule has 2 aliphatic rings. The van der Waals surface area contributed by atoms with Crippen LogP contribution < -0.4 is 29.6 Å². The van der Waals surface area contributed by atoms with E-state index in [0.29, 0.717) is 56.6 Å². The van der Waals surface area contributed by atoms with Gasteiger partial charge in [0.15, 0.2) is 10.5 Å². The third-order valence-corrected chi connectivity index (χ3v) is 10.8. The second-order valence-electron chi connectivity index (χ2n) is 13.5. The predicted molar refractivity (Wildman–Crippen MR) is 218 cm³/mol. The maximum absolute atomic E-state index is 15.3. The standard InChI is InChI=1S/C45H38N4O6S/c1-52-32-18-10-27(11-19-32)26-36-38(28-12-20-33(53-2)21-13-28)45(42(50)46-44(56)47-43(45)51)39(29-14-22-34(54-3)23-15-29)37-40(36)48-49(31-8-6-5-7-9-31)41(37)30-16-24-35(55-4)25-17-30/h5-26,38-39H,1-4H3,(H2,46,47,50,51,56)/b36-26-. The largest absolute Gasteiger partial charge is 0.497 e. The second kappa shape index (κ2) is 14.8. The lowest BCUT2D eigenvalue weighted by molar-refractivity contribution is -0.145. The zero-order valence-corrected chi connectivity index (χ0v) is 31.9. The molecule has 56 heavy (non-hydrogen) atoms. The normalized spacial score (nSPS) is 17.9. The van der Waals surface area contributed by atoms with Gasteiger partial charge in [-0.05, 0) is 113 Å². The maximum atomic E-state index is 15.3. The smallest absolute Gasteiger partial charge is 0.243 e. The lowest BCUT2D eigenvalue weighted by Gasteiger charge is -2.49. The molecule has 1 aromatic heterocycles. The average molecular weight is 763 g/mol. The Kier molecular flexibility index (Phi) is 9.61. The number of allylic oxidation sites excluding steroid dienone is 1. The van der Waals surface area contributed by atoms with Crippen LogP contribution in [-0.4, -0.2) is 55.1 Å². The lowest BCUT2D eigenvalue weighted by Crippen LogP contribution is -2.67. The van der Waals surface area contributed by atoms with E-state index in [-0.39, 0.29) is 5.11 Å². The van der Waals surface area contributed by atoms with Gasteiger partial charge in [0.1, 0.15) is 23.0 Å². The number of ether oxygens (including phenoxy) is 4. The summed E-state index contributed by atoms with van der Waals surface area (Å²) in [7, 11) is 6.43. The molecule has 1 saturated heterocycles. The van der Waals surface area contributed by atoms with Crippen molar-refractivity contribution in [1.82, 2.24) is 20.4 Å². The summed E-state index contributed by atoms with van der Waals surface area (Å²) < 4.78 is 24.1. The molecule has 6 aromatic rings. The molecular formula is C45H38N4O6S. The van der Waals surface area contributed by atoms with E-state index in [4.69, 9.17) is 36.3 Å². The Morgan fingerprint density at radius 3 is 1.59 bits per heavy atom. The van der Waals surface area contributed by atoms with Crippen LogP contribution in [0.15, 0.2) is 127 Å². The number of hydrogen-bond acceptors (Lipinski definition) is 8. The highest BCUT2D eigenvalue weighted by Crippen LogP contribution is 2.63. The summed E-state index contributed by atoms with van der Waals surface area (Å²) in [5.41, 5.74) is 4.64. The van der Waals surface area contributed by atoms with Crippen molar-refractivity contribution in [2.24, 2.45) is 5.41 Å². The summed E-state index contributed by atoms with van der Waals surface area (Å²) in [6, 6.07) is 40.1. The number of hydrogen-bond donors (Lipinski definition) is 2. The van der Waals surface area contributed by atoms with Crippen molar-refractivity contribution in [3.05, 3.63) is 155 Å². The minimum Gasteiger partial charge on any atom is -0.497 e. The Balaban J connectivity index is 1.57. The van der Waals surface area contributed by atoms with E-state index in [1.807, 2.05) is 138 Å². The Hall–Kier alpha value is -6.72. The fraction of sp³-hybridized carbons (Fsp3) is 0.156. The minimum absolute atomic E-state index is 0.0607.